The number of benzene rings is 2. The molecule has 29 heavy (non-hydrogen) atoms. The van der Waals surface area contributed by atoms with Crippen LogP contribution in [0.5, 0.6) is 0 Å². The molecule has 0 bridgehead atoms. The number of aromatic nitrogens is 4. The van der Waals surface area contributed by atoms with Gasteiger partial charge >= 0.3 is 0 Å². The number of thioether (sulfide) groups is 1. The number of fused-ring (bicyclic) bond motifs is 1. The minimum absolute atomic E-state index is 0.148. The van der Waals surface area contributed by atoms with Gasteiger partial charge in [-0.15, -0.1) is 0 Å². The van der Waals surface area contributed by atoms with E-state index < -0.39 is 0 Å². The lowest BCUT2D eigenvalue weighted by atomic mass is 10.2. The molecular formula is C21H19ClN4O2S. The van der Waals surface area contributed by atoms with Crippen LogP contribution in [0.2, 0.25) is 5.02 Å². The van der Waals surface area contributed by atoms with Crippen molar-refractivity contribution in [2.24, 2.45) is 0 Å². The van der Waals surface area contributed by atoms with Gasteiger partial charge in [-0.3, -0.25) is 9.36 Å². The molecule has 4 aromatic rings. The van der Waals surface area contributed by atoms with Crippen molar-refractivity contribution in [1.29, 1.82) is 0 Å². The summed E-state index contributed by atoms with van der Waals surface area (Å²) in [6.07, 6.45) is 1.71. The minimum atomic E-state index is -0.174. The van der Waals surface area contributed by atoms with Crippen molar-refractivity contribution in [3.8, 4) is 5.69 Å². The van der Waals surface area contributed by atoms with Crippen molar-refractivity contribution >= 4 is 34.3 Å². The largest absolute Gasteiger partial charge is 0.338 e. The Kier molecular flexibility index (Phi) is 5.69. The summed E-state index contributed by atoms with van der Waals surface area (Å²) in [5.74, 6) is 1.20. The first-order chi connectivity index (χ1) is 14.1. The molecule has 148 valence electrons. The molecule has 0 spiro atoms. The first-order valence-corrected chi connectivity index (χ1v) is 10.6. The van der Waals surface area contributed by atoms with Crippen LogP contribution in [0.1, 0.15) is 37.2 Å². The van der Waals surface area contributed by atoms with Crippen LogP contribution in [-0.2, 0) is 6.42 Å². The molecule has 0 aliphatic rings. The van der Waals surface area contributed by atoms with Crippen molar-refractivity contribution in [1.82, 2.24) is 19.7 Å². The van der Waals surface area contributed by atoms with Gasteiger partial charge in [0, 0.05) is 11.4 Å². The molecule has 8 heteroatoms. The fraction of sp³-hybridized carbons (Fsp3) is 0.238. The Morgan fingerprint density at radius 3 is 2.79 bits per heavy atom. The maximum Gasteiger partial charge on any atom is 0.266 e. The molecule has 0 aliphatic carbocycles. The fourth-order valence-electron chi connectivity index (χ4n) is 3.00. The molecule has 1 atom stereocenters. The fourth-order valence-corrected chi connectivity index (χ4v) is 4.14. The summed E-state index contributed by atoms with van der Waals surface area (Å²) in [5, 5.41) is 5.49. The molecule has 0 saturated heterocycles. The van der Waals surface area contributed by atoms with E-state index in [-0.39, 0.29) is 10.8 Å². The average molecular weight is 427 g/mol. The van der Waals surface area contributed by atoms with Crippen LogP contribution in [0, 0.1) is 0 Å². The third-order valence-electron chi connectivity index (χ3n) is 4.40. The number of aryl methyl sites for hydroxylation is 1. The van der Waals surface area contributed by atoms with Crippen LogP contribution in [0.15, 0.2) is 63.0 Å². The number of halogens is 1. The van der Waals surface area contributed by atoms with Gasteiger partial charge in [-0.05, 0) is 43.7 Å². The van der Waals surface area contributed by atoms with Gasteiger partial charge in [0.2, 0.25) is 5.89 Å². The van der Waals surface area contributed by atoms with E-state index in [9.17, 15) is 4.79 Å². The highest BCUT2D eigenvalue weighted by Crippen LogP contribution is 2.34. The van der Waals surface area contributed by atoms with Gasteiger partial charge in [-0.25, -0.2) is 4.98 Å². The van der Waals surface area contributed by atoms with Crippen molar-refractivity contribution in [3.63, 3.8) is 0 Å². The van der Waals surface area contributed by atoms with Crippen molar-refractivity contribution in [2.75, 3.05) is 0 Å². The first-order valence-electron chi connectivity index (χ1n) is 9.33. The lowest BCUT2D eigenvalue weighted by Gasteiger charge is -2.15. The lowest BCUT2D eigenvalue weighted by molar-refractivity contribution is 0.374. The molecule has 0 unspecified atom stereocenters. The standard InChI is InChI=1S/C21H19ClN4O2S/c1-3-7-18-24-19(28-25-18)13(2)29-21-23-17-11-5-4-10-16(17)20(27)26(21)15-9-6-8-14(22)12-15/h4-6,8-13H,3,7H2,1-2H3/t13-/m0/s1. The van der Waals surface area contributed by atoms with E-state index in [0.717, 1.165) is 12.8 Å². The van der Waals surface area contributed by atoms with Crippen LogP contribution >= 0.6 is 23.4 Å². The molecule has 2 aromatic heterocycles. The smallest absolute Gasteiger partial charge is 0.266 e. The molecular weight excluding hydrogens is 408 g/mol. The Morgan fingerprint density at radius 1 is 1.17 bits per heavy atom. The molecule has 0 amide bonds. The van der Waals surface area contributed by atoms with E-state index in [4.69, 9.17) is 21.1 Å². The summed E-state index contributed by atoms with van der Waals surface area (Å²) in [7, 11) is 0. The van der Waals surface area contributed by atoms with Gasteiger partial charge in [-0.2, -0.15) is 4.98 Å². The summed E-state index contributed by atoms with van der Waals surface area (Å²) in [6, 6.07) is 14.5. The molecule has 0 saturated carbocycles. The number of rotatable bonds is 6. The second-order valence-electron chi connectivity index (χ2n) is 6.59. The quantitative estimate of drug-likeness (QED) is 0.310. The van der Waals surface area contributed by atoms with Crippen molar-refractivity contribution < 1.29 is 4.52 Å². The Hall–Kier alpha value is -2.64. The molecule has 0 N–H and O–H groups in total. The highest BCUT2D eigenvalue weighted by molar-refractivity contribution is 7.99. The maximum absolute atomic E-state index is 13.3. The third kappa shape index (κ3) is 4.06. The Bertz CT molecular complexity index is 1220. The maximum atomic E-state index is 13.3. The number of para-hydroxylation sites is 1. The van der Waals surface area contributed by atoms with E-state index in [1.54, 1.807) is 22.8 Å². The van der Waals surface area contributed by atoms with E-state index in [1.807, 2.05) is 37.3 Å². The van der Waals surface area contributed by atoms with Gasteiger partial charge in [-0.1, -0.05) is 53.6 Å². The zero-order valence-electron chi connectivity index (χ0n) is 16.0. The predicted molar refractivity (Wildman–Crippen MR) is 115 cm³/mol. The average Bonchev–Trinajstić information content (AvgIpc) is 3.17. The zero-order chi connectivity index (χ0) is 20.4. The van der Waals surface area contributed by atoms with Gasteiger partial charge < -0.3 is 4.52 Å². The first kappa shape index (κ1) is 19.7. The molecule has 0 aliphatic heterocycles. The van der Waals surface area contributed by atoms with Gasteiger partial charge in [0.1, 0.15) is 0 Å². The van der Waals surface area contributed by atoms with E-state index in [1.165, 1.54) is 11.8 Å². The Labute approximate surface area is 176 Å². The normalized spacial score (nSPS) is 12.4. The number of nitrogens with zero attached hydrogens (tertiary/aromatic N) is 4. The zero-order valence-corrected chi connectivity index (χ0v) is 17.6. The van der Waals surface area contributed by atoms with Crippen LogP contribution in [0.4, 0.5) is 0 Å². The predicted octanol–water partition coefficient (Wildman–Crippen LogP) is 5.23. The summed E-state index contributed by atoms with van der Waals surface area (Å²) in [4.78, 5) is 22.5. The Morgan fingerprint density at radius 2 is 2.00 bits per heavy atom. The molecule has 2 aromatic carbocycles. The summed E-state index contributed by atoms with van der Waals surface area (Å²) >= 11 is 7.57. The summed E-state index contributed by atoms with van der Waals surface area (Å²) in [6.45, 7) is 4.02. The minimum Gasteiger partial charge on any atom is -0.338 e. The third-order valence-corrected chi connectivity index (χ3v) is 5.67. The van der Waals surface area contributed by atoms with Crippen LogP contribution < -0.4 is 5.56 Å². The summed E-state index contributed by atoms with van der Waals surface area (Å²) in [5.41, 5.74) is 1.15. The Balaban J connectivity index is 1.81. The van der Waals surface area contributed by atoms with Gasteiger partial charge in [0.25, 0.3) is 5.56 Å². The van der Waals surface area contributed by atoms with E-state index in [0.29, 0.717) is 38.5 Å². The van der Waals surface area contributed by atoms with E-state index in [2.05, 4.69) is 17.1 Å². The van der Waals surface area contributed by atoms with E-state index >= 15 is 0 Å². The highest BCUT2D eigenvalue weighted by atomic mass is 35.5. The van der Waals surface area contributed by atoms with Crippen molar-refractivity contribution in [3.05, 3.63) is 75.6 Å². The second kappa shape index (κ2) is 8.39. The van der Waals surface area contributed by atoms with Gasteiger partial charge in [0.05, 0.1) is 21.8 Å². The number of hydrogen-bond donors (Lipinski definition) is 0. The molecule has 4 rings (SSSR count). The molecule has 0 radical (unpaired) electrons. The molecule has 6 nitrogen and oxygen atoms in total. The van der Waals surface area contributed by atoms with Crippen molar-refractivity contribution in [2.45, 2.75) is 37.1 Å². The molecule has 2 heterocycles. The van der Waals surface area contributed by atoms with Crippen LogP contribution in [0.3, 0.4) is 0 Å². The van der Waals surface area contributed by atoms with Crippen LogP contribution in [0.25, 0.3) is 16.6 Å². The highest BCUT2D eigenvalue weighted by Gasteiger charge is 2.21. The van der Waals surface area contributed by atoms with Gasteiger partial charge in [0.15, 0.2) is 11.0 Å². The monoisotopic (exact) mass is 426 g/mol. The summed E-state index contributed by atoms with van der Waals surface area (Å²) < 4.78 is 7.00. The topological polar surface area (TPSA) is 73.8 Å². The number of hydrogen-bond acceptors (Lipinski definition) is 6. The lowest BCUT2D eigenvalue weighted by Crippen LogP contribution is -2.22. The van der Waals surface area contributed by atoms with Crippen LogP contribution in [-0.4, -0.2) is 19.7 Å². The SMILES string of the molecule is CCCc1noc([C@H](C)Sc2nc3ccccc3c(=O)n2-c2cccc(Cl)c2)n1. The molecule has 0 fully saturated rings. The second-order valence-corrected chi connectivity index (χ2v) is 8.34.